The molecule has 0 amide bonds. The Bertz CT molecular complexity index is 528. The minimum atomic E-state index is -0.881. The summed E-state index contributed by atoms with van der Waals surface area (Å²) in [5.41, 5.74) is 1.33. The lowest BCUT2D eigenvalue weighted by Crippen LogP contribution is -2.18. The van der Waals surface area contributed by atoms with Crippen molar-refractivity contribution in [2.75, 3.05) is 11.1 Å². The molecule has 1 aromatic carbocycles. The summed E-state index contributed by atoms with van der Waals surface area (Å²) in [6.45, 7) is 2.21. The normalized spacial score (nSPS) is 12.4. The van der Waals surface area contributed by atoms with Crippen LogP contribution in [0.3, 0.4) is 0 Å². The molecule has 1 unspecified atom stereocenters. The van der Waals surface area contributed by atoms with Crippen LogP contribution < -0.4 is 5.32 Å². The molecule has 1 atom stereocenters. The molecule has 0 spiro atoms. The number of carboxylic acids is 1. The second-order valence-electron chi connectivity index (χ2n) is 7.21. The third-order valence-corrected chi connectivity index (χ3v) is 5.09. The molecule has 2 N–H and O–H groups in total. The highest BCUT2D eigenvalue weighted by Crippen LogP contribution is 2.16. The average Bonchev–Trinajstić information content (AvgIpc) is 2.67. The van der Waals surface area contributed by atoms with Gasteiger partial charge >= 0.3 is 5.97 Å². The number of carboxylic acid groups (broad SMARTS) is 1. The second kappa shape index (κ2) is 15.6. The number of rotatable bonds is 16. The third-order valence-electron chi connectivity index (χ3n) is 4.77. The first-order valence-electron chi connectivity index (χ1n) is 10.5. The Kier molecular flexibility index (Phi) is 13.7. The van der Waals surface area contributed by atoms with Crippen molar-refractivity contribution in [1.82, 2.24) is 0 Å². The Labute approximate surface area is 171 Å². The summed E-state index contributed by atoms with van der Waals surface area (Å²) in [4.78, 5) is 11.0. The molecule has 152 valence electrons. The van der Waals surface area contributed by atoms with Crippen molar-refractivity contribution in [3.05, 3.63) is 42.0 Å². The van der Waals surface area contributed by atoms with Gasteiger partial charge in [-0.1, -0.05) is 57.6 Å². The summed E-state index contributed by atoms with van der Waals surface area (Å²) < 4.78 is 0. The van der Waals surface area contributed by atoms with E-state index >= 15 is 0 Å². The van der Waals surface area contributed by atoms with Crippen LogP contribution in [0.4, 0.5) is 5.69 Å². The summed E-state index contributed by atoms with van der Waals surface area (Å²) in [6, 6.07) is 7.44. The van der Waals surface area contributed by atoms with Crippen LogP contribution in [0.25, 0.3) is 0 Å². The smallest absolute Gasteiger partial charge is 0.335 e. The van der Waals surface area contributed by atoms with Crippen molar-refractivity contribution in [3.8, 4) is 0 Å². The number of aromatic carboxylic acids is 1. The van der Waals surface area contributed by atoms with Gasteiger partial charge in [0.1, 0.15) is 0 Å². The number of hydrogen-bond donors (Lipinski definition) is 3. The van der Waals surface area contributed by atoms with Crippen molar-refractivity contribution < 1.29 is 9.90 Å². The van der Waals surface area contributed by atoms with Gasteiger partial charge in [0.15, 0.2) is 0 Å². The van der Waals surface area contributed by atoms with Gasteiger partial charge < -0.3 is 10.4 Å². The highest BCUT2D eigenvalue weighted by atomic mass is 32.1. The standard InChI is InChI=1S/C23H37NO2S/c1-2-3-13-21(24-22-17-15-20(16-18-22)23(25)26)14-11-9-7-5-4-6-8-10-12-19-27/h9,11,15-18,21,24,27H,2-8,10,12-14,19H2,1H3,(H,25,26). The minimum absolute atomic E-state index is 0.330. The first-order chi connectivity index (χ1) is 13.2. The summed E-state index contributed by atoms with van der Waals surface area (Å²) in [7, 11) is 0. The Morgan fingerprint density at radius 3 is 2.33 bits per heavy atom. The van der Waals surface area contributed by atoms with Gasteiger partial charge in [-0.05, 0) is 62.1 Å². The Morgan fingerprint density at radius 2 is 1.70 bits per heavy atom. The molecule has 0 bridgehead atoms. The number of anilines is 1. The molecule has 4 heteroatoms. The molecule has 3 nitrogen and oxygen atoms in total. The van der Waals surface area contributed by atoms with Crippen LogP contribution in [0.15, 0.2) is 36.4 Å². The van der Waals surface area contributed by atoms with Crippen molar-refractivity contribution >= 4 is 24.3 Å². The highest BCUT2D eigenvalue weighted by molar-refractivity contribution is 7.80. The van der Waals surface area contributed by atoms with Crippen LogP contribution in [0, 0.1) is 0 Å². The van der Waals surface area contributed by atoms with E-state index in [0.717, 1.165) is 24.3 Å². The van der Waals surface area contributed by atoms with Crippen LogP contribution in [0.5, 0.6) is 0 Å². The van der Waals surface area contributed by atoms with Crippen molar-refractivity contribution in [3.63, 3.8) is 0 Å². The van der Waals surface area contributed by atoms with Crippen molar-refractivity contribution in [2.24, 2.45) is 0 Å². The van der Waals surface area contributed by atoms with Gasteiger partial charge in [-0.2, -0.15) is 12.6 Å². The summed E-state index contributed by atoms with van der Waals surface area (Å²) in [6.07, 6.45) is 18.2. The number of thiol groups is 1. The predicted molar refractivity (Wildman–Crippen MR) is 120 cm³/mol. The fraction of sp³-hybridized carbons (Fsp3) is 0.609. The monoisotopic (exact) mass is 391 g/mol. The molecule has 0 aliphatic heterocycles. The predicted octanol–water partition coefficient (Wildman–Crippen LogP) is 6.96. The molecular weight excluding hydrogens is 354 g/mol. The second-order valence-corrected chi connectivity index (χ2v) is 7.65. The Morgan fingerprint density at radius 1 is 1.04 bits per heavy atom. The molecule has 0 aliphatic carbocycles. The van der Waals surface area contributed by atoms with Gasteiger partial charge in [-0.25, -0.2) is 4.79 Å². The molecule has 0 fully saturated rings. The molecular formula is C23H37NO2S. The first-order valence-corrected chi connectivity index (χ1v) is 11.2. The summed E-state index contributed by atoms with van der Waals surface area (Å²) in [5, 5.41) is 12.6. The molecule has 0 heterocycles. The molecule has 0 radical (unpaired) electrons. The summed E-state index contributed by atoms with van der Waals surface area (Å²) in [5.74, 6) is 0.133. The largest absolute Gasteiger partial charge is 0.478 e. The topological polar surface area (TPSA) is 49.3 Å². The Balaban J connectivity index is 2.31. The third kappa shape index (κ3) is 11.8. The van der Waals surface area contributed by atoms with Gasteiger partial charge in [0.2, 0.25) is 0 Å². The lowest BCUT2D eigenvalue weighted by atomic mass is 10.0. The van der Waals surface area contributed by atoms with Gasteiger partial charge in [0.05, 0.1) is 5.56 Å². The highest BCUT2D eigenvalue weighted by Gasteiger charge is 2.07. The van der Waals surface area contributed by atoms with E-state index in [1.54, 1.807) is 12.1 Å². The number of unbranched alkanes of at least 4 members (excludes halogenated alkanes) is 7. The van der Waals surface area contributed by atoms with Crippen molar-refractivity contribution in [1.29, 1.82) is 0 Å². The average molecular weight is 392 g/mol. The van der Waals surface area contributed by atoms with Crippen LogP contribution >= 0.6 is 12.6 Å². The minimum Gasteiger partial charge on any atom is -0.478 e. The zero-order valence-electron chi connectivity index (χ0n) is 16.8. The van der Waals surface area contributed by atoms with E-state index in [9.17, 15) is 4.79 Å². The molecule has 0 aromatic heterocycles. The van der Waals surface area contributed by atoms with E-state index in [0.29, 0.717) is 11.6 Å². The molecule has 27 heavy (non-hydrogen) atoms. The first kappa shape index (κ1) is 23.6. The molecule has 0 saturated carbocycles. The van der Waals surface area contributed by atoms with Gasteiger partial charge in [-0.3, -0.25) is 0 Å². The van der Waals surface area contributed by atoms with E-state index in [1.165, 1.54) is 57.8 Å². The number of nitrogens with one attached hydrogen (secondary N) is 1. The Hall–Kier alpha value is -1.42. The fourth-order valence-corrected chi connectivity index (χ4v) is 3.33. The molecule has 1 rings (SSSR count). The van der Waals surface area contributed by atoms with E-state index in [4.69, 9.17) is 5.11 Å². The lowest BCUT2D eigenvalue weighted by molar-refractivity contribution is 0.0697. The quantitative estimate of drug-likeness (QED) is 0.162. The number of hydrogen-bond acceptors (Lipinski definition) is 3. The van der Waals surface area contributed by atoms with Gasteiger partial charge in [0.25, 0.3) is 0 Å². The molecule has 1 aromatic rings. The van der Waals surface area contributed by atoms with Crippen LogP contribution in [0.1, 0.15) is 87.9 Å². The van der Waals surface area contributed by atoms with Crippen LogP contribution in [-0.4, -0.2) is 22.9 Å². The lowest BCUT2D eigenvalue weighted by Gasteiger charge is -2.18. The van der Waals surface area contributed by atoms with Crippen LogP contribution in [0.2, 0.25) is 0 Å². The summed E-state index contributed by atoms with van der Waals surface area (Å²) >= 11 is 4.25. The van der Waals surface area contributed by atoms with E-state index < -0.39 is 5.97 Å². The number of benzene rings is 1. The molecule has 0 aliphatic rings. The van der Waals surface area contributed by atoms with Crippen molar-refractivity contribution in [2.45, 2.75) is 83.6 Å². The SMILES string of the molecule is CCCCC(CC=CCCCCCCCCS)Nc1ccc(C(=O)O)cc1. The van der Waals surface area contributed by atoms with E-state index in [1.807, 2.05) is 12.1 Å². The number of allylic oxidation sites excluding steroid dienone is 1. The maximum Gasteiger partial charge on any atom is 0.335 e. The zero-order chi connectivity index (χ0) is 19.7. The van der Waals surface area contributed by atoms with E-state index in [2.05, 4.69) is 37.0 Å². The van der Waals surface area contributed by atoms with E-state index in [-0.39, 0.29) is 0 Å². The fourth-order valence-electron chi connectivity index (χ4n) is 3.10. The zero-order valence-corrected chi connectivity index (χ0v) is 17.7. The molecule has 0 saturated heterocycles. The van der Waals surface area contributed by atoms with Crippen LogP contribution in [-0.2, 0) is 0 Å². The number of carbonyl (C=O) groups is 1. The van der Waals surface area contributed by atoms with Gasteiger partial charge in [-0.15, -0.1) is 0 Å². The van der Waals surface area contributed by atoms with Gasteiger partial charge in [0, 0.05) is 11.7 Å². The maximum atomic E-state index is 11.0. The maximum absolute atomic E-state index is 11.0.